The van der Waals surface area contributed by atoms with E-state index in [-0.39, 0.29) is 0 Å². The average molecular weight is 181 g/mol. The van der Waals surface area contributed by atoms with Crippen LogP contribution in [0.1, 0.15) is 18.9 Å². The molecule has 0 radical (unpaired) electrons. The third kappa shape index (κ3) is 3.18. The van der Waals surface area contributed by atoms with Crippen LogP contribution in [-0.2, 0) is 5.75 Å². The summed E-state index contributed by atoms with van der Waals surface area (Å²) in [5.74, 6) is 2.35. The molecular formula is C10H15NS. The molecule has 2 N–H and O–H groups in total. The summed E-state index contributed by atoms with van der Waals surface area (Å²) < 4.78 is 0. The van der Waals surface area contributed by atoms with Gasteiger partial charge in [0.15, 0.2) is 0 Å². The fourth-order valence-electron chi connectivity index (χ4n) is 0.948. The van der Waals surface area contributed by atoms with Crippen LogP contribution in [0, 0.1) is 0 Å². The van der Waals surface area contributed by atoms with Gasteiger partial charge in [-0.05, 0) is 29.9 Å². The van der Waals surface area contributed by atoms with Crippen LogP contribution in [-0.4, -0.2) is 5.75 Å². The Hall–Kier alpha value is -0.630. The monoisotopic (exact) mass is 181 g/mol. The highest BCUT2D eigenvalue weighted by Crippen LogP contribution is 2.14. The second-order valence-corrected chi connectivity index (χ2v) is 3.90. The van der Waals surface area contributed by atoms with Crippen LogP contribution in [0.4, 0.5) is 5.69 Å². The number of nitrogens with two attached hydrogens (primary N) is 1. The van der Waals surface area contributed by atoms with Gasteiger partial charge in [0, 0.05) is 11.4 Å². The van der Waals surface area contributed by atoms with Crippen molar-refractivity contribution in [2.24, 2.45) is 0 Å². The van der Waals surface area contributed by atoms with Crippen molar-refractivity contribution in [3.05, 3.63) is 29.8 Å². The largest absolute Gasteiger partial charge is 0.399 e. The van der Waals surface area contributed by atoms with Gasteiger partial charge in [0.2, 0.25) is 0 Å². The van der Waals surface area contributed by atoms with Crippen LogP contribution >= 0.6 is 11.8 Å². The van der Waals surface area contributed by atoms with E-state index >= 15 is 0 Å². The minimum absolute atomic E-state index is 0.847. The maximum atomic E-state index is 5.57. The topological polar surface area (TPSA) is 26.0 Å². The van der Waals surface area contributed by atoms with Crippen molar-refractivity contribution in [3.63, 3.8) is 0 Å². The molecule has 12 heavy (non-hydrogen) atoms. The third-order valence-electron chi connectivity index (χ3n) is 1.60. The first kappa shape index (κ1) is 9.46. The van der Waals surface area contributed by atoms with E-state index in [1.54, 1.807) is 0 Å². The molecule has 0 aromatic heterocycles. The third-order valence-corrected chi connectivity index (χ3v) is 2.83. The molecule has 0 saturated heterocycles. The molecule has 0 atom stereocenters. The van der Waals surface area contributed by atoms with Crippen LogP contribution in [0.25, 0.3) is 0 Å². The second kappa shape index (κ2) is 5.09. The maximum absolute atomic E-state index is 5.57. The fraction of sp³-hybridized carbons (Fsp3) is 0.400. The van der Waals surface area contributed by atoms with Crippen molar-refractivity contribution < 1.29 is 0 Å². The Morgan fingerprint density at radius 1 is 1.25 bits per heavy atom. The summed E-state index contributed by atoms with van der Waals surface area (Å²) in [5, 5.41) is 0. The van der Waals surface area contributed by atoms with E-state index in [0.29, 0.717) is 0 Å². The van der Waals surface area contributed by atoms with Gasteiger partial charge in [0.05, 0.1) is 0 Å². The van der Waals surface area contributed by atoms with E-state index in [1.807, 2.05) is 23.9 Å². The summed E-state index contributed by atoms with van der Waals surface area (Å²) >= 11 is 1.97. The van der Waals surface area contributed by atoms with E-state index < -0.39 is 0 Å². The maximum Gasteiger partial charge on any atom is 0.0314 e. The molecule has 1 nitrogen and oxygen atoms in total. The number of thioether (sulfide) groups is 1. The van der Waals surface area contributed by atoms with Crippen molar-refractivity contribution in [1.29, 1.82) is 0 Å². The molecule has 0 aliphatic carbocycles. The van der Waals surface area contributed by atoms with Gasteiger partial charge in [0.25, 0.3) is 0 Å². The summed E-state index contributed by atoms with van der Waals surface area (Å²) in [6.45, 7) is 2.20. The molecule has 0 fully saturated rings. The van der Waals surface area contributed by atoms with E-state index in [1.165, 1.54) is 17.7 Å². The van der Waals surface area contributed by atoms with Crippen molar-refractivity contribution >= 4 is 17.4 Å². The Labute approximate surface area is 78.4 Å². The number of anilines is 1. The van der Waals surface area contributed by atoms with E-state index in [0.717, 1.165) is 11.4 Å². The smallest absolute Gasteiger partial charge is 0.0314 e. The molecule has 0 saturated carbocycles. The molecule has 2 heteroatoms. The van der Waals surface area contributed by atoms with E-state index in [9.17, 15) is 0 Å². The van der Waals surface area contributed by atoms with Gasteiger partial charge >= 0.3 is 0 Å². The highest BCUT2D eigenvalue weighted by molar-refractivity contribution is 7.98. The molecule has 0 aliphatic rings. The second-order valence-electron chi connectivity index (χ2n) is 2.79. The van der Waals surface area contributed by atoms with Crippen molar-refractivity contribution in [2.75, 3.05) is 11.5 Å². The van der Waals surface area contributed by atoms with Gasteiger partial charge < -0.3 is 5.73 Å². The van der Waals surface area contributed by atoms with Crippen LogP contribution in [0.5, 0.6) is 0 Å². The Kier molecular flexibility index (Phi) is 4.01. The molecule has 0 spiro atoms. The summed E-state index contributed by atoms with van der Waals surface area (Å²) in [4.78, 5) is 0. The molecule has 0 unspecified atom stereocenters. The van der Waals surface area contributed by atoms with Gasteiger partial charge in [-0.3, -0.25) is 0 Å². The molecule has 1 aromatic rings. The van der Waals surface area contributed by atoms with E-state index in [4.69, 9.17) is 5.73 Å². The summed E-state index contributed by atoms with van der Waals surface area (Å²) in [5.41, 5.74) is 7.78. The van der Waals surface area contributed by atoms with E-state index in [2.05, 4.69) is 19.1 Å². The zero-order valence-electron chi connectivity index (χ0n) is 7.42. The normalized spacial score (nSPS) is 10.1. The van der Waals surface area contributed by atoms with Crippen LogP contribution < -0.4 is 5.73 Å². The summed E-state index contributed by atoms with van der Waals surface area (Å²) in [6, 6.07) is 8.11. The predicted octanol–water partition coefficient (Wildman–Crippen LogP) is 2.91. The lowest BCUT2D eigenvalue weighted by Crippen LogP contribution is -1.86. The van der Waals surface area contributed by atoms with Gasteiger partial charge in [-0.2, -0.15) is 11.8 Å². The van der Waals surface area contributed by atoms with Gasteiger partial charge in [-0.1, -0.05) is 19.1 Å². The first-order valence-electron chi connectivity index (χ1n) is 4.25. The minimum atomic E-state index is 0.847. The quantitative estimate of drug-likeness (QED) is 0.571. The molecule has 1 aromatic carbocycles. The summed E-state index contributed by atoms with van der Waals surface area (Å²) in [6.07, 6.45) is 1.25. The first-order chi connectivity index (χ1) is 5.83. The van der Waals surface area contributed by atoms with Crippen molar-refractivity contribution in [1.82, 2.24) is 0 Å². The zero-order valence-corrected chi connectivity index (χ0v) is 8.23. The number of benzene rings is 1. The lowest BCUT2D eigenvalue weighted by atomic mass is 10.2. The summed E-state index contributed by atoms with van der Waals surface area (Å²) in [7, 11) is 0. The highest BCUT2D eigenvalue weighted by atomic mass is 32.2. The molecule has 66 valence electrons. The first-order valence-corrected chi connectivity index (χ1v) is 5.40. The Bertz CT molecular complexity index is 218. The van der Waals surface area contributed by atoms with Gasteiger partial charge in [-0.25, -0.2) is 0 Å². The number of hydrogen-bond donors (Lipinski definition) is 1. The molecule has 0 bridgehead atoms. The Morgan fingerprint density at radius 3 is 2.50 bits per heavy atom. The molecule has 1 rings (SSSR count). The van der Waals surface area contributed by atoms with Crippen molar-refractivity contribution in [2.45, 2.75) is 19.1 Å². The molecule has 0 aliphatic heterocycles. The predicted molar refractivity (Wildman–Crippen MR) is 57.3 cm³/mol. The fourth-order valence-corrected chi connectivity index (χ4v) is 1.81. The number of nitrogen functional groups attached to an aromatic ring is 1. The average Bonchev–Trinajstić information content (AvgIpc) is 2.09. The zero-order chi connectivity index (χ0) is 8.81. The highest BCUT2D eigenvalue weighted by Gasteiger charge is 1.91. The standard InChI is InChI=1S/C10H15NS/c1-2-7-12-8-9-3-5-10(11)6-4-9/h3-6H,2,7-8,11H2,1H3. The molecule has 0 heterocycles. The number of rotatable bonds is 4. The van der Waals surface area contributed by atoms with Crippen LogP contribution in [0.3, 0.4) is 0 Å². The molecule has 0 amide bonds. The SMILES string of the molecule is CCCSCc1ccc(N)cc1. The van der Waals surface area contributed by atoms with Gasteiger partial charge in [0.1, 0.15) is 0 Å². The van der Waals surface area contributed by atoms with Gasteiger partial charge in [-0.15, -0.1) is 0 Å². The lowest BCUT2D eigenvalue weighted by Gasteiger charge is -2.00. The van der Waals surface area contributed by atoms with Crippen LogP contribution in [0.15, 0.2) is 24.3 Å². The number of hydrogen-bond acceptors (Lipinski definition) is 2. The Balaban J connectivity index is 2.37. The minimum Gasteiger partial charge on any atom is -0.399 e. The van der Waals surface area contributed by atoms with Crippen LogP contribution in [0.2, 0.25) is 0 Å². The molecular weight excluding hydrogens is 166 g/mol. The Morgan fingerprint density at radius 2 is 1.92 bits per heavy atom. The van der Waals surface area contributed by atoms with Crippen molar-refractivity contribution in [3.8, 4) is 0 Å². The lowest BCUT2D eigenvalue weighted by molar-refractivity contribution is 1.10.